The number of carbonyl (C=O) groups is 1. The lowest BCUT2D eigenvalue weighted by Gasteiger charge is -2.38. The second-order valence-electron chi connectivity index (χ2n) is 6.31. The minimum Gasteiger partial charge on any atom is -0.389 e. The molecule has 1 aliphatic heterocycles. The van der Waals surface area contributed by atoms with Crippen LogP contribution in [0.3, 0.4) is 0 Å². The fourth-order valence-corrected chi connectivity index (χ4v) is 2.72. The van der Waals surface area contributed by atoms with Gasteiger partial charge in [0.2, 0.25) is 5.91 Å². The molecule has 1 unspecified atom stereocenters. The summed E-state index contributed by atoms with van der Waals surface area (Å²) >= 11 is 0. The van der Waals surface area contributed by atoms with Crippen molar-refractivity contribution in [1.82, 2.24) is 14.7 Å². The summed E-state index contributed by atoms with van der Waals surface area (Å²) < 4.78 is 0. The number of piperazine rings is 1. The van der Waals surface area contributed by atoms with Gasteiger partial charge in [-0.05, 0) is 33.9 Å². The van der Waals surface area contributed by atoms with E-state index in [1.807, 2.05) is 18.7 Å². The SMILES string of the molecule is CCN1CCN(C(=O)C(C)N(CC)CC(C)(C)O)CC1. The topological polar surface area (TPSA) is 47.0 Å². The average Bonchev–Trinajstić information content (AvgIpc) is 2.42. The molecule has 1 fully saturated rings. The maximum Gasteiger partial charge on any atom is 0.239 e. The molecule has 5 heteroatoms. The zero-order valence-electron chi connectivity index (χ0n) is 13.7. The predicted octanol–water partition coefficient (Wildman–Crippen LogP) is 0.632. The molecule has 5 nitrogen and oxygen atoms in total. The lowest BCUT2D eigenvalue weighted by molar-refractivity contribution is -0.139. The van der Waals surface area contributed by atoms with E-state index in [1.165, 1.54) is 0 Å². The molecule has 1 heterocycles. The van der Waals surface area contributed by atoms with Crippen LogP contribution in [0.4, 0.5) is 0 Å². The molecule has 0 spiro atoms. The largest absolute Gasteiger partial charge is 0.389 e. The highest BCUT2D eigenvalue weighted by molar-refractivity contribution is 5.81. The smallest absolute Gasteiger partial charge is 0.239 e. The Kier molecular flexibility index (Phi) is 6.43. The summed E-state index contributed by atoms with van der Waals surface area (Å²) in [4.78, 5) is 18.9. The molecular weight excluding hydrogens is 254 g/mol. The molecule has 0 radical (unpaired) electrons. The maximum atomic E-state index is 12.6. The molecule has 1 aliphatic rings. The summed E-state index contributed by atoms with van der Waals surface area (Å²) in [7, 11) is 0. The van der Waals surface area contributed by atoms with Crippen molar-refractivity contribution in [3.8, 4) is 0 Å². The first kappa shape index (κ1) is 17.4. The Morgan fingerprint density at radius 2 is 1.80 bits per heavy atom. The van der Waals surface area contributed by atoms with Gasteiger partial charge in [-0.25, -0.2) is 0 Å². The summed E-state index contributed by atoms with van der Waals surface area (Å²) in [5.74, 6) is 0.187. The lowest BCUT2D eigenvalue weighted by Crippen LogP contribution is -2.55. The van der Waals surface area contributed by atoms with Crippen LogP contribution in [0.5, 0.6) is 0 Å². The van der Waals surface area contributed by atoms with Gasteiger partial charge in [-0.2, -0.15) is 0 Å². The van der Waals surface area contributed by atoms with Gasteiger partial charge in [-0.15, -0.1) is 0 Å². The van der Waals surface area contributed by atoms with E-state index >= 15 is 0 Å². The number of nitrogens with zero attached hydrogens (tertiary/aromatic N) is 3. The number of hydrogen-bond donors (Lipinski definition) is 1. The van der Waals surface area contributed by atoms with Crippen LogP contribution in [0.15, 0.2) is 0 Å². The van der Waals surface area contributed by atoms with Crippen molar-refractivity contribution < 1.29 is 9.90 Å². The van der Waals surface area contributed by atoms with Crippen LogP contribution >= 0.6 is 0 Å². The Hall–Kier alpha value is -0.650. The highest BCUT2D eigenvalue weighted by Gasteiger charge is 2.30. The molecule has 0 aromatic heterocycles. The van der Waals surface area contributed by atoms with Gasteiger partial charge >= 0.3 is 0 Å². The van der Waals surface area contributed by atoms with Crippen molar-refractivity contribution in [2.24, 2.45) is 0 Å². The fraction of sp³-hybridized carbons (Fsp3) is 0.933. The second-order valence-corrected chi connectivity index (χ2v) is 6.31. The van der Waals surface area contributed by atoms with Crippen LogP contribution in [-0.2, 0) is 4.79 Å². The van der Waals surface area contributed by atoms with Gasteiger partial charge in [-0.3, -0.25) is 9.69 Å². The van der Waals surface area contributed by atoms with Gasteiger partial charge in [0.1, 0.15) is 0 Å². The van der Waals surface area contributed by atoms with Crippen molar-refractivity contribution in [1.29, 1.82) is 0 Å². The molecule has 20 heavy (non-hydrogen) atoms. The van der Waals surface area contributed by atoms with Crippen LogP contribution in [0.2, 0.25) is 0 Å². The monoisotopic (exact) mass is 285 g/mol. The van der Waals surface area contributed by atoms with Crippen molar-refractivity contribution in [2.45, 2.75) is 46.3 Å². The molecular formula is C15H31N3O2. The fourth-order valence-electron chi connectivity index (χ4n) is 2.72. The van der Waals surface area contributed by atoms with Crippen molar-refractivity contribution in [3.63, 3.8) is 0 Å². The Bertz CT molecular complexity index is 307. The van der Waals surface area contributed by atoms with Gasteiger partial charge in [0.25, 0.3) is 0 Å². The van der Waals surface area contributed by atoms with Gasteiger partial charge in [0, 0.05) is 32.7 Å². The van der Waals surface area contributed by atoms with Crippen molar-refractivity contribution in [2.75, 3.05) is 45.8 Å². The molecule has 0 bridgehead atoms. The molecule has 118 valence electrons. The van der Waals surface area contributed by atoms with E-state index in [1.54, 1.807) is 13.8 Å². The lowest BCUT2D eigenvalue weighted by atomic mass is 10.1. The Morgan fingerprint density at radius 1 is 1.25 bits per heavy atom. The third kappa shape index (κ3) is 5.04. The predicted molar refractivity (Wildman–Crippen MR) is 81.7 cm³/mol. The van der Waals surface area contributed by atoms with E-state index in [2.05, 4.69) is 16.7 Å². The molecule has 0 aromatic rings. The second kappa shape index (κ2) is 7.38. The Balaban J connectivity index is 2.57. The van der Waals surface area contributed by atoms with E-state index < -0.39 is 5.60 Å². The van der Waals surface area contributed by atoms with E-state index in [0.29, 0.717) is 6.54 Å². The molecule has 1 saturated heterocycles. The molecule has 1 amide bonds. The highest BCUT2D eigenvalue weighted by Crippen LogP contribution is 2.12. The minimum absolute atomic E-state index is 0.167. The van der Waals surface area contributed by atoms with Crippen molar-refractivity contribution in [3.05, 3.63) is 0 Å². The van der Waals surface area contributed by atoms with E-state index in [-0.39, 0.29) is 11.9 Å². The average molecular weight is 285 g/mol. The first-order valence-corrected chi connectivity index (χ1v) is 7.76. The molecule has 0 aromatic carbocycles. The summed E-state index contributed by atoms with van der Waals surface area (Å²) in [6, 6.07) is -0.167. The van der Waals surface area contributed by atoms with Gasteiger partial charge in [0.05, 0.1) is 11.6 Å². The summed E-state index contributed by atoms with van der Waals surface area (Å²) in [5, 5.41) is 9.95. The first-order chi connectivity index (χ1) is 9.28. The van der Waals surface area contributed by atoms with Crippen LogP contribution in [0.1, 0.15) is 34.6 Å². The molecule has 1 N–H and O–H groups in total. The minimum atomic E-state index is -0.772. The van der Waals surface area contributed by atoms with Crippen LogP contribution in [0, 0.1) is 0 Å². The summed E-state index contributed by atoms with van der Waals surface area (Å²) in [6.45, 7) is 15.6. The van der Waals surface area contributed by atoms with Crippen molar-refractivity contribution >= 4 is 5.91 Å². The van der Waals surface area contributed by atoms with E-state index in [4.69, 9.17) is 0 Å². The standard InChI is InChI=1S/C15H31N3O2/c1-6-16-8-10-18(11-9-16)14(19)13(3)17(7-2)12-15(4,5)20/h13,20H,6-12H2,1-5H3. The normalized spacial score (nSPS) is 19.4. The van der Waals surface area contributed by atoms with Gasteiger partial charge in [-0.1, -0.05) is 13.8 Å². The molecule has 1 atom stereocenters. The summed E-state index contributed by atoms with van der Waals surface area (Å²) in [5.41, 5.74) is -0.772. The number of aliphatic hydroxyl groups is 1. The van der Waals surface area contributed by atoms with Crippen LogP contribution in [0.25, 0.3) is 0 Å². The number of amides is 1. The van der Waals surface area contributed by atoms with Gasteiger partial charge < -0.3 is 14.9 Å². The molecule has 0 saturated carbocycles. The third-order valence-corrected chi connectivity index (χ3v) is 4.03. The maximum absolute atomic E-state index is 12.6. The van der Waals surface area contributed by atoms with E-state index in [9.17, 15) is 9.90 Å². The highest BCUT2D eigenvalue weighted by atomic mass is 16.3. The number of likely N-dealkylation sites (N-methyl/N-ethyl adjacent to an activating group) is 2. The number of hydrogen-bond acceptors (Lipinski definition) is 4. The Morgan fingerprint density at radius 3 is 2.20 bits per heavy atom. The number of carbonyl (C=O) groups excluding carboxylic acids is 1. The third-order valence-electron chi connectivity index (χ3n) is 4.03. The quantitative estimate of drug-likeness (QED) is 0.778. The van der Waals surface area contributed by atoms with Crippen LogP contribution < -0.4 is 0 Å². The zero-order valence-corrected chi connectivity index (χ0v) is 13.7. The molecule has 0 aliphatic carbocycles. The molecule has 1 rings (SSSR count). The number of rotatable bonds is 6. The summed E-state index contributed by atoms with van der Waals surface area (Å²) in [6.07, 6.45) is 0. The van der Waals surface area contributed by atoms with E-state index in [0.717, 1.165) is 39.3 Å². The zero-order chi connectivity index (χ0) is 15.3. The first-order valence-electron chi connectivity index (χ1n) is 7.76. The Labute approximate surface area is 123 Å². The van der Waals surface area contributed by atoms with Gasteiger partial charge in [0.15, 0.2) is 0 Å². The van der Waals surface area contributed by atoms with Crippen LogP contribution in [-0.4, -0.2) is 83.2 Å².